The molecule has 5 saturated heterocycles. The van der Waals surface area contributed by atoms with Crippen LogP contribution in [0.5, 0.6) is 0 Å². The third kappa shape index (κ3) is 9.75. The summed E-state index contributed by atoms with van der Waals surface area (Å²) in [7, 11) is 0. The summed E-state index contributed by atoms with van der Waals surface area (Å²) in [6.07, 6.45) is -44.3. The summed E-state index contributed by atoms with van der Waals surface area (Å²) in [5.41, 5.74) is 0. The zero-order chi connectivity index (χ0) is 42.9. The van der Waals surface area contributed by atoms with E-state index in [1.54, 1.807) is 0 Å². The first kappa shape index (κ1) is 47.6. The molecule has 16 N–H and O–H groups in total. The van der Waals surface area contributed by atoms with Gasteiger partial charge in [-0.1, -0.05) is 0 Å². The topological polar surface area (TPSA) is 416 Å². The van der Waals surface area contributed by atoms with Crippen molar-refractivity contribution < 1.29 is 124 Å². The number of hydrogen-bond donors (Lipinski definition) is 16. The fourth-order valence-corrected chi connectivity index (χ4v) is 7.34. The van der Waals surface area contributed by atoms with E-state index in [-0.39, 0.29) is 0 Å². The van der Waals surface area contributed by atoms with Crippen LogP contribution < -0.4 is 5.32 Å². The molecular formula is C32H55NO25. The number of hydrogen-bond acceptors (Lipinski definition) is 25. The molecule has 338 valence electrons. The van der Waals surface area contributed by atoms with Gasteiger partial charge in [0, 0.05) is 6.92 Å². The summed E-state index contributed by atoms with van der Waals surface area (Å²) >= 11 is 0. The van der Waals surface area contributed by atoms with Crippen molar-refractivity contribution in [2.75, 3.05) is 26.4 Å². The summed E-state index contributed by atoms with van der Waals surface area (Å²) in [5.74, 6) is -0.822. The molecule has 0 bridgehead atoms. The lowest BCUT2D eigenvalue weighted by atomic mass is 9.94. The van der Waals surface area contributed by atoms with Crippen LogP contribution in [0.3, 0.4) is 0 Å². The Balaban J connectivity index is 1.54. The Morgan fingerprint density at radius 1 is 0.448 bits per heavy atom. The van der Waals surface area contributed by atoms with Gasteiger partial charge in [-0.15, -0.1) is 0 Å². The van der Waals surface area contributed by atoms with Crippen LogP contribution in [0.2, 0.25) is 0 Å². The average molecular weight is 854 g/mol. The van der Waals surface area contributed by atoms with Gasteiger partial charge in [-0.05, 0) is 6.92 Å². The van der Waals surface area contributed by atoms with Crippen LogP contribution in [0, 0.1) is 0 Å². The second kappa shape index (κ2) is 20.1. The predicted octanol–water partition coefficient (Wildman–Crippen LogP) is -10.8. The highest BCUT2D eigenvalue weighted by Gasteiger charge is 2.58. The van der Waals surface area contributed by atoms with Crippen molar-refractivity contribution in [2.24, 2.45) is 0 Å². The fourth-order valence-electron chi connectivity index (χ4n) is 7.34. The molecule has 25 atom stereocenters. The van der Waals surface area contributed by atoms with Gasteiger partial charge >= 0.3 is 0 Å². The SMILES string of the molecule is CC(=O)N[C@H]1[C@H](O[C@@H]2[C@@H](O)[C@H](O)O[C@H](CO)[C@@H]2O)O[C@H](CO)[C@H](O)[C@@H]1O[C@@H]1O[C@H](CO)[C@H](O)[C@H](O[C@@H]2O[C@H](CO)[C@H](O)[C@H](O)[C@H]2O)[C@H]1O[C@@H]1O[C@@H](C)[C@@H](O)[C@@H](O)[C@@H]1O. The first-order valence-corrected chi connectivity index (χ1v) is 18.5. The van der Waals surface area contributed by atoms with Gasteiger partial charge in [-0.3, -0.25) is 4.79 Å². The molecule has 1 amide bonds. The minimum atomic E-state index is -2.07. The Bertz CT molecular complexity index is 1310. The molecular weight excluding hydrogens is 798 g/mol. The monoisotopic (exact) mass is 853 g/mol. The third-order valence-corrected chi connectivity index (χ3v) is 10.7. The predicted molar refractivity (Wildman–Crippen MR) is 177 cm³/mol. The van der Waals surface area contributed by atoms with Crippen LogP contribution in [0.15, 0.2) is 0 Å². The van der Waals surface area contributed by atoms with E-state index in [2.05, 4.69) is 5.32 Å². The van der Waals surface area contributed by atoms with E-state index in [1.807, 2.05) is 0 Å². The number of carbonyl (C=O) groups excluding carboxylic acids is 1. The van der Waals surface area contributed by atoms with E-state index in [0.29, 0.717) is 0 Å². The summed E-state index contributed by atoms with van der Waals surface area (Å²) < 4.78 is 51.4. The Morgan fingerprint density at radius 3 is 1.43 bits per heavy atom. The molecule has 5 aliphatic rings. The lowest BCUT2D eigenvalue weighted by molar-refractivity contribution is -0.403. The average Bonchev–Trinajstić information content (AvgIpc) is 3.19. The number of amides is 1. The highest BCUT2D eigenvalue weighted by atomic mass is 16.8. The van der Waals surface area contributed by atoms with Crippen LogP contribution in [-0.2, 0) is 47.4 Å². The molecule has 5 aliphatic heterocycles. The smallest absolute Gasteiger partial charge is 0.217 e. The maximum Gasteiger partial charge on any atom is 0.217 e. The van der Waals surface area contributed by atoms with Gasteiger partial charge in [-0.2, -0.15) is 0 Å². The first-order chi connectivity index (χ1) is 27.4. The molecule has 5 heterocycles. The first-order valence-electron chi connectivity index (χ1n) is 18.5. The Kier molecular flexibility index (Phi) is 16.5. The number of aliphatic hydroxyl groups is 15. The van der Waals surface area contributed by atoms with Crippen LogP contribution in [-0.4, -0.2) is 262 Å². The molecule has 0 radical (unpaired) electrons. The van der Waals surface area contributed by atoms with Crippen molar-refractivity contribution in [3.63, 3.8) is 0 Å². The van der Waals surface area contributed by atoms with E-state index >= 15 is 0 Å². The molecule has 0 aromatic rings. The lowest BCUT2D eigenvalue weighted by Crippen LogP contribution is -2.71. The normalized spacial score (nSPS) is 51.6. The molecule has 0 aliphatic carbocycles. The van der Waals surface area contributed by atoms with Crippen molar-refractivity contribution in [3.05, 3.63) is 0 Å². The second-order valence-electron chi connectivity index (χ2n) is 14.7. The molecule has 26 nitrogen and oxygen atoms in total. The highest BCUT2D eigenvalue weighted by Crippen LogP contribution is 2.37. The van der Waals surface area contributed by atoms with Crippen LogP contribution in [0.4, 0.5) is 0 Å². The zero-order valence-electron chi connectivity index (χ0n) is 31.1. The number of ether oxygens (including phenoxy) is 9. The van der Waals surface area contributed by atoms with E-state index in [0.717, 1.165) is 6.92 Å². The minimum absolute atomic E-state index is 0.822. The standard InChI is InChI=1S/C32H55NO25/c1-7-14(39)19(44)21(46)30(50-7)58-27-26(57-31-22(47)20(45)15(40)9(3-34)53-31)18(43)12(6-37)54-32(27)55-24-13(33-8(2)38)29(52-11(5-36)16(24)41)56-25-17(42)10(4-35)51-28(49)23(25)48/h7,9-32,34-37,39-49H,3-6H2,1-2H3,(H,33,38)/t7-,9+,10+,11+,12+,13+,14+,15-,16-,17-,18-,19+,20-,21-,22+,23+,24+,25-,26-,27+,28+,29-,30-,31-,32-/m0/s1. The molecule has 0 saturated carbocycles. The fraction of sp³-hybridized carbons (Fsp3) is 0.969. The molecule has 5 fully saturated rings. The minimum Gasteiger partial charge on any atom is -0.394 e. The molecule has 0 aromatic carbocycles. The number of aliphatic hydroxyl groups excluding tert-OH is 15. The van der Waals surface area contributed by atoms with E-state index < -0.39 is 186 Å². The van der Waals surface area contributed by atoms with Crippen molar-refractivity contribution in [3.8, 4) is 0 Å². The van der Waals surface area contributed by atoms with E-state index in [9.17, 15) is 81.4 Å². The van der Waals surface area contributed by atoms with Gasteiger partial charge in [0.25, 0.3) is 0 Å². The van der Waals surface area contributed by atoms with Gasteiger partial charge in [0.05, 0.1) is 32.5 Å². The molecule has 26 heteroatoms. The number of rotatable bonds is 13. The molecule has 0 unspecified atom stereocenters. The quantitative estimate of drug-likeness (QED) is 0.0818. The maximum absolute atomic E-state index is 12.6. The molecule has 58 heavy (non-hydrogen) atoms. The van der Waals surface area contributed by atoms with Gasteiger partial charge < -0.3 is 125 Å². The zero-order valence-corrected chi connectivity index (χ0v) is 31.1. The second-order valence-corrected chi connectivity index (χ2v) is 14.7. The van der Waals surface area contributed by atoms with Crippen LogP contribution in [0.25, 0.3) is 0 Å². The summed E-state index contributed by atoms with van der Waals surface area (Å²) in [5, 5.41) is 160. The van der Waals surface area contributed by atoms with Crippen molar-refractivity contribution in [1.82, 2.24) is 5.32 Å². The Morgan fingerprint density at radius 2 is 0.862 bits per heavy atom. The van der Waals surface area contributed by atoms with Crippen LogP contribution in [0.1, 0.15) is 13.8 Å². The van der Waals surface area contributed by atoms with Gasteiger partial charge in [0.15, 0.2) is 31.5 Å². The maximum atomic E-state index is 12.6. The summed E-state index contributed by atoms with van der Waals surface area (Å²) in [6, 6.07) is -1.72. The Labute approximate surface area is 329 Å². The van der Waals surface area contributed by atoms with E-state index in [1.165, 1.54) is 6.92 Å². The Hall–Kier alpha value is -1.49. The molecule has 0 aromatic heterocycles. The van der Waals surface area contributed by atoms with Crippen molar-refractivity contribution >= 4 is 5.91 Å². The number of nitrogens with one attached hydrogen (secondary N) is 1. The van der Waals surface area contributed by atoms with Gasteiger partial charge in [0.2, 0.25) is 5.91 Å². The lowest BCUT2D eigenvalue weighted by Gasteiger charge is -2.51. The van der Waals surface area contributed by atoms with Crippen molar-refractivity contribution in [1.29, 1.82) is 0 Å². The van der Waals surface area contributed by atoms with E-state index in [4.69, 9.17) is 42.6 Å². The summed E-state index contributed by atoms with van der Waals surface area (Å²) in [6.45, 7) is -1.39. The third-order valence-electron chi connectivity index (χ3n) is 10.7. The van der Waals surface area contributed by atoms with Gasteiger partial charge in [-0.25, -0.2) is 0 Å². The van der Waals surface area contributed by atoms with Gasteiger partial charge in [0.1, 0.15) is 116 Å². The largest absolute Gasteiger partial charge is 0.394 e. The van der Waals surface area contributed by atoms with Crippen LogP contribution >= 0.6 is 0 Å². The number of carbonyl (C=O) groups is 1. The highest BCUT2D eigenvalue weighted by molar-refractivity contribution is 5.73. The molecule has 5 rings (SSSR count). The molecule has 0 spiro atoms. The van der Waals surface area contributed by atoms with Crippen molar-refractivity contribution in [2.45, 2.75) is 167 Å². The summed E-state index contributed by atoms with van der Waals surface area (Å²) in [4.78, 5) is 12.6.